The second kappa shape index (κ2) is 5.19. The van der Waals surface area contributed by atoms with Crippen molar-refractivity contribution in [1.29, 1.82) is 0 Å². The molecule has 1 fully saturated rings. The zero-order valence-corrected chi connectivity index (χ0v) is 11.2. The van der Waals surface area contributed by atoms with Crippen molar-refractivity contribution in [1.82, 2.24) is 14.7 Å². The van der Waals surface area contributed by atoms with Crippen molar-refractivity contribution in [3.63, 3.8) is 0 Å². The molecule has 2 atom stereocenters. The third kappa shape index (κ3) is 2.87. The van der Waals surface area contributed by atoms with Crippen LogP contribution in [0.4, 0.5) is 0 Å². The predicted octanol–water partition coefficient (Wildman–Crippen LogP) is 1.15. The first-order chi connectivity index (χ1) is 8.10. The normalized spacial score (nSPS) is 26.4. The largest absolute Gasteiger partial charge is 0.330 e. The van der Waals surface area contributed by atoms with Gasteiger partial charge in [-0.3, -0.25) is 9.58 Å². The first-order valence-electron chi connectivity index (χ1n) is 6.52. The Hall–Kier alpha value is -0.870. The molecule has 1 aliphatic rings. The molecule has 0 amide bonds. The SMILES string of the molecule is Cc1cc(CN2CCC(C)C(CN)C2)n(C)n1. The molecule has 0 radical (unpaired) electrons. The third-order valence-corrected chi connectivity index (χ3v) is 3.99. The van der Waals surface area contributed by atoms with Gasteiger partial charge in [0.2, 0.25) is 0 Å². The zero-order chi connectivity index (χ0) is 12.4. The standard InChI is InChI=1S/C13H24N4/c1-10-4-5-17(8-12(10)7-14)9-13-6-11(2)15-16(13)3/h6,10,12H,4-5,7-9,14H2,1-3H3. The highest BCUT2D eigenvalue weighted by atomic mass is 15.3. The summed E-state index contributed by atoms with van der Waals surface area (Å²) in [6.45, 7) is 8.49. The van der Waals surface area contributed by atoms with Crippen LogP contribution < -0.4 is 5.73 Å². The van der Waals surface area contributed by atoms with Crippen LogP contribution in [0.25, 0.3) is 0 Å². The monoisotopic (exact) mass is 236 g/mol. The molecule has 0 bridgehead atoms. The summed E-state index contributed by atoms with van der Waals surface area (Å²) in [7, 11) is 2.02. The molecule has 2 rings (SSSR count). The van der Waals surface area contributed by atoms with Crippen LogP contribution in [0.1, 0.15) is 24.7 Å². The average molecular weight is 236 g/mol. The lowest BCUT2D eigenvalue weighted by atomic mass is 9.87. The minimum Gasteiger partial charge on any atom is -0.330 e. The van der Waals surface area contributed by atoms with Crippen molar-refractivity contribution in [3.8, 4) is 0 Å². The van der Waals surface area contributed by atoms with Crippen LogP contribution >= 0.6 is 0 Å². The number of hydrogen-bond donors (Lipinski definition) is 1. The molecule has 1 aromatic heterocycles. The quantitative estimate of drug-likeness (QED) is 0.856. The Bertz CT molecular complexity index is 371. The Morgan fingerprint density at radius 3 is 2.88 bits per heavy atom. The van der Waals surface area contributed by atoms with E-state index in [-0.39, 0.29) is 0 Å². The number of aryl methyl sites for hydroxylation is 2. The van der Waals surface area contributed by atoms with Crippen LogP contribution in [-0.2, 0) is 13.6 Å². The first kappa shape index (κ1) is 12.6. The molecule has 0 spiro atoms. The van der Waals surface area contributed by atoms with Gasteiger partial charge in [0.05, 0.1) is 11.4 Å². The molecule has 2 heterocycles. The number of likely N-dealkylation sites (tertiary alicyclic amines) is 1. The fourth-order valence-electron chi connectivity index (χ4n) is 2.72. The average Bonchev–Trinajstić information content (AvgIpc) is 2.60. The van der Waals surface area contributed by atoms with Gasteiger partial charge in [-0.05, 0) is 44.3 Å². The van der Waals surface area contributed by atoms with E-state index >= 15 is 0 Å². The van der Waals surface area contributed by atoms with Gasteiger partial charge in [-0.15, -0.1) is 0 Å². The fourth-order valence-corrected chi connectivity index (χ4v) is 2.72. The Labute approximate surface area is 104 Å². The number of aromatic nitrogens is 2. The van der Waals surface area contributed by atoms with Gasteiger partial charge in [-0.2, -0.15) is 5.10 Å². The van der Waals surface area contributed by atoms with Crippen LogP contribution in [0.3, 0.4) is 0 Å². The van der Waals surface area contributed by atoms with Crippen molar-refractivity contribution in [3.05, 3.63) is 17.5 Å². The van der Waals surface area contributed by atoms with Crippen LogP contribution in [0, 0.1) is 18.8 Å². The minimum atomic E-state index is 0.651. The summed E-state index contributed by atoms with van der Waals surface area (Å²) in [4.78, 5) is 2.51. The van der Waals surface area contributed by atoms with E-state index in [1.807, 2.05) is 18.7 Å². The Morgan fingerprint density at radius 1 is 1.53 bits per heavy atom. The van der Waals surface area contributed by atoms with Gasteiger partial charge in [0.1, 0.15) is 0 Å². The Balaban J connectivity index is 1.98. The van der Waals surface area contributed by atoms with E-state index in [4.69, 9.17) is 5.73 Å². The molecule has 2 unspecified atom stereocenters. The highest BCUT2D eigenvalue weighted by molar-refractivity contribution is 5.08. The van der Waals surface area contributed by atoms with E-state index < -0.39 is 0 Å². The van der Waals surface area contributed by atoms with Gasteiger partial charge >= 0.3 is 0 Å². The maximum absolute atomic E-state index is 5.84. The zero-order valence-electron chi connectivity index (χ0n) is 11.2. The first-order valence-corrected chi connectivity index (χ1v) is 6.52. The van der Waals surface area contributed by atoms with E-state index in [1.54, 1.807) is 0 Å². The predicted molar refractivity (Wildman–Crippen MR) is 69.5 cm³/mol. The molecule has 0 saturated carbocycles. The van der Waals surface area contributed by atoms with Crippen molar-refractivity contribution < 1.29 is 0 Å². The molecule has 2 N–H and O–H groups in total. The molecular formula is C13H24N4. The third-order valence-electron chi connectivity index (χ3n) is 3.99. The molecule has 4 nitrogen and oxygen atoms in total. The van der Waals surface area contributed by atoms with Gasteiger partial charge < -0.3 is 5.73 Å². The van der Waals surface area contributed by atoms with Crippen LogP contribution in [-0.4, -0.2) is 34.3 Å². The topological polar surface area (TPSA) is 47.1 Å². The molecule has 1 saturated heterocycles. The van der Waals surface area contributed by atoms with Crippen molar-refractivity contribution in [2.24, 2.45) is 24.6 Å². The molecule has 1 aliphatic heterocycles. The van der Waals surface area contributed by atoms with Gasteiger partial charge in [0, 0.05) is 20.1 Å². The summed E-state index contributed by atoms with van der Waals surface area (Å²) in [5.74, 6) is 1.42. The van der Waals surface area contributed by atoms with Crippen molar-refractivity contribution in [2.75, 3.05) is 19.6 Å². The molecule has 0 aromatic carbocycles. The maximum Gasteiger partial charge on any atom is 0.0597 e. The van der Waals surface area contributed by atoms with Crippen LogP contribution in [0.15, 0.2) is 6.07 Å². The van der Waals surface area contributed by atoms with E-state index in [2.05, 4.69) is 23.0 Å². The minimum absolute atomic E-state index is 0.651. The highest BCUT2D eigenvalue weighted by Gasteiger charge is 2.25. The molecule has 4 heteroatoms. The number of rotatable bonds is 3. The summed E-state index contributed by atoms with van der Waals surface area (Å²) in [5.41, 5.74) is 8.24. The molecule has 0 aliphatic carbocycles. The van der Waals surface area contributed by atoms with Crippen LogP contribution in [0.2, 0.25) is 0 Å². The summed E-state index contributed by atoms with van der Waals surface area (Å²) in [6.07, 6.45) is 1.26. The molecule has 17 heavy (non-hydrogen) atoms. The van der Waals surface area contributed by atoms with Crippen molar-refractivity contribution >= 4 is 0 Å². The summed E-state index contributed by atoms with van der Waals surface area (Å²) >= 11 is 0. The lowest BCUT2D eigenvalue weighted by Gasteiger charge is -2.36. The second-order valence-corrected chi connectivity index (χ2v) is 5.40. The highest BCUT2D eigenvalue weighted by Crippen LogP contribution is 2.23. The lowest BCUT2D eigenvalue weighted by Crippen LogP contribution is -2.42. The Morgan fingerprint density at radius 2 is 2.29 bits per heavy atom. The lowest BCUT2D eigenvalue weighted by molar-refractivity contribution is 0.124. The van der Waals surface area contributed by atoms with Gasteiger partial charge in [-0.25, -0.2) is 0 Å². The van der Waals surface area contributed by atoms with Gasteiger partial charge in [0.15, 0.2) is 0 Å². The number of piperidine rings is 1. The fraction of sp³-hybridized carbons (Fsp3) is 0.769. The van der Waals surface area contributed by atoms with Gasteiger partial charge in [0.25, 0.3) is 0 Å². The van der Waals surface area contributed by atoms with Crippen molar-refractivity contribution in [2.45, 2.75) is 26.8 Å². The van der Waals surface area contributed by atoms with Gasteiger partial charge in [-0.1, -0.05) is 6.92 Å². The summed E-state index contributed by atoms with van der Waals surface area (Å²) in [5, 5.41) is 4.40. The number of nitrogens with two attached hydrogens (primary N) is 1. The maximum atomic E-state index is 5.84. The molecule has 96 valence electrons. The van der Waals surface area contributed by atoms with Crippen LogP contribution in [0.5, 0.6) is 0 Å². The summed E-state index contributed by atoms with van der Waals surface area (Å²) in [6, 6.07) is 2.18. The summed E-state index contributed by atoms with van der Waals surface area (Å²) < 4.78 is 1.99. The van der Waals surface area contributed by atoms with E-state index in [1.165, 1.54) is 18.7 Å². The van der Waals surface area contributed by atoms with E-state index in [9.17, 15) is 0 Å². The number of nitrogens with zero attached hydrogens (tertiary/aromatic N) is 3. The second-order valence-electron chi connectivity index (χ2n) is 5.40. The molecular weight excluding hydrogens is 212 g/mol. The van der Waals surface area contributed by atoms with E-state index in [0.717, 1.165) is 31.2 Å². The Kier molecular flexibility index (Phi) is 3.84. The van der Waals surface area contributed by atoms with E-state index in [0.29, 0.717) is 5.92 Å². The smallest absolute Gasteiger partial charge is 0.0597 e. The number of hydrogen-bond acceptors (Lipinski definition) is 3. The molecule has 1 aromatic rings.